The van der Waals surface area contributed by atoms with Crippen LogP contribution in [-0.4, -0.2) is 60.1 Å². The van der Waals surface area contributed by atoms with Crippen molar-refractivity contribution in [1.29, 1.82) is 0 Å². The van der Waals surface area contributed by atoms with Crippen LogP contribution in [0.1, 0.15) is 0 Å². The molecular formula is C17H9F13N4O3S. The molecule has 212 valence electrons. The number of aromatic nitrogens is 2. The van der Waals surface area contributed by atoms with Gasteiger partial charge in [0.25, 0.3) is 10.0 Å². The van der Waals surface area contributed by atoms with Crippen molar-refractivity contribution in [2.24, 2.45) is 0 Å². The van der Waals surface area contributed by atoms with Crippen molar-refractivity contribution >= 4 is 27.6 Å². The van der Waals surface area contributed by atoms with Crippen LogP contribution < -0.4 is 10.0 Å². The molecule has 21 heteroatoms. The van der Waals surface area contributed by atoms with Gasteiger partial charge in [0.1, 0.15) is 0 Å². The summed E-state index contributed by atoms with van der Waals surface area (Å²) in [7, 11) is -4.47. The molecule has 0 bridgehead atoms. The van der Waals surface area contributed by atoms with E-state index in [9.17, 15) is 70.3 Å². The molecule has 2 rings (SSSR count). The molecule has 1 aromatic heterocycles. The molecule has 2 aromatic rings. The smallest absolute Gasteiger partial charge is 0.321 e. The molecule has 0 unspecified atom stereocenters. The average molecular weight is 596 g/mol. The fourth-order valence-corrected chi connectivity index (χ4v) is 3.33. The fourth-order valence-electron chi connectivity index (χ4n) is 2.37. The van der Waals surface area contributed by atoms with Crippen LogP contribution in [0.25, 0.3) is 0 Å². The Morgan fingerprint density at radius 2 is 1.13 bits per heavy atom. The van der Waals surface area contributed by atoms with Gasteiger partial charge in [0.2, 0.25) is 5.95 Å². The molecule has 0 saturated carbocycles. The molecule has 1 heterocycles. The number of rotatable bonds is 9. The van der Waals surface area contributed by atoms with Crippen LogP contribution in [0.15, 0.2) is 47.6 Å². The molecule has 0 fully saturated rings. The molecule has 2 N–H and O–H groups in total. The Bertz CT molecular complexity index is 1270. The quantitative estimate of drug-likeness (QED) is 0.399. The summed E-state index contributed by atoms with van der Waals surface area (Å²) in [5.74, 6) is -43.0. The number of carbonyl (C=O) groups excluding carboxylic acids is 1. The van der Waals surface area contributed by atoms with Gasteiger partial charge in [-0.2, -0.15) is 57.1 Å². The number of amides is 1. The molecule has 0 aliphatic rings. The van der Waals surface area contributed by atoms with E-state index in [2.05, 4.69) is 9.97 Å². The van der Waals surface area contributed by atoms with E-state index in [4.69, 9.17) is 0 Å². The first-order valence-electron chi connectivity index (χ1n) is 9.10. The highest BCUT2D eigenvalue weighted by molar-refractivity contribution is 7.92. The van der Waals surface area contributed by atoms with Crippen LogP contribution in [0.3, 0.4) is 0 Å². The van der Waals surface area contributed by atoms with Gasteiger partial charge >= 0.3 is 41.7 Å². The first-order chi connectivity index (χ1) is 16.9. The molecule has 0 spiro atoms. The summed E-state index contributed by atoms with van der Waals surface area (Å²) < 4.78 is 197. The minimum Gasteiger partial charge on any atom is -0.321 e. The van der Waals surface area contributed by atoms with Gasteiger partial charge in [-0.3, -0.25) is 4.79 Å². The van der Waals surface area contributed by atoms with Crippen LogP contribution in [0.4, 0.5) is 68.7 Å². The zero-order valence-electron chi connectivity index (χ0n) is 17.5. The minimum atomic E-state index is -8.16. The Morgan fingerprint density at radius 1 is 0.684 bits per heavy atom. The lowest BCUT2D eigenvalue weighted by Crippen LogP contribution is -2.71. The van der Waals surface area contributed by atoms with E-state index in [0.29, 0.717) is 24.3 Å². The maximum Gasteiger partial charge on any atom is 0.460 e. The second kappa shape index (κ2) is 9.42. The van der Waals surface area contributed by atoms with Crippen molar-refractivity contribution in [2.75, 3.05) is 10.0 Å². The SMILES string of the molecule is O=C(Nc1ccc(S(=O)(=O)Nc2ncccn2)cc1)C(F)(F)C(F)(F)C(F)(F)C(F)(F)C(F)(F)C(F)(F)F. The number of alkyl halides is 13. The van der Waals surface area contributed by atoms with E-state index in [1.807, 2.05) is 4.72 Å². The minimum absolute atomic E-state index is 0.414. The summed E-state index contributed by atoms with van der Waals surface area (Å²) >= 11 is 0. The third-order valence-corrected chi connectivity index (χ3v) is 5.78. The highest BCUT2D eigenvalue weighted by Gasteiger charge is 2.91. The summed E-state index contributed by atoms with van der Waals surface area (Å²) in [5, 5.41) is 0.812. The average Bonchev–Trinajstić information content (AvgIpc) is 2.78. The maximum atomic E-state index is 13.9. The van der Waals surface area contributed by atoms with Crippen molar-refractivity contribution in [3.05, 3.63) is 42.7 Å². The third-order valence-electron chi connectivity index (χ3n) is 4.43. The lowest BCUT2D eigenvalue weighted by atomic mass is 9.93. The first-order valence-corrected chi connectivity index (χ1v) is 10.6. The van der Waals surface area contributed by atoms with Crippen LogP contribution in [0, 0.1) is 0 Å². The number of carbonyl (C=O) groups is 1. The second-order valence-electron chi connectivity index (χ2n) is 7.03. The molecule has 0 saturated heterocycles. The highest BCUT2D eigenvalue weighted by atomic mass is 32.2. The standard InChI is InChI=1S/C17H9F13N4O3S/c18-12(19,13(20,21)14(22,23)15(24,25)16(26,27)17(28,29)30)10(35)33-8-2-4-9(5-3-8)38(36,37)34-11-31-6-1-7-32-11/h1-7H,(H,33,35)(H,31,32,34). The van der Waals surface area contributed by atoms with Gasteiger partial charge in [-0.15, -0.1) is 0 Å². The molecular weight excluding hydrogens is 587 g/mol. The van der Waals surface area contributed by atoms with Crippen molar-refractivity contribution in [2.45, 2.75) is 40.7 Å². The normalized spacial score (nSPS) is 14.2. The highest BCUT2D eigenvalue weighted by Crippen LogP contribution is 2.60. The number of sulfonamides is 1. The lowest BCUT2D eigenvalue weighted by Gasteiger charge is -2.39. The van der Waals surface area contributed by atoms with Gasteiger partial charge in [-0.25, -0.2) is 23.1 Å². The Balaban J connectivity index is 2.31. The van der Waals surface area contributed by atoms with Crippen LogP contribution >= 0.6 is 0 Å². The molecule has 7 nitrogen and oxygen atoms in total. The molecule has 0 atom stereocenters. The zero-order valence-corrected chi connectivity index (χ0v) is 18.3. The summed E-state index contributed by atoms with van der Waals surface area (Å²) in [6, 6.07) is 3.20. The Kier molecular flexibility index (Phi) is 7.64. The molecule has 1 amide bonds. The van der Waals surface area contributed by atoms with Crippen molar-refractivity contribution in [3.8, 4) is 0 Å². The van der Waals surface area contributed by atoms with Crippen LogP contribution in [-0.2, 0) is 14.8 Å². The lowest BCUT2D eigenvalue weighted by molar-refractivity contribution is -0.435. The van der Waals surface area contributed by atoms with Gasteiger partial charge < -0.3 is 5.32 Å². The van der Waals surface area contributed by atoms with E-state index in [-0.39, 0.29) is 0 Å². The number of halogens is 13. The fraction of sp³-hybridized carbons (Fsp3) is 0.353. The number of anilines is 2. The predicted octanol–water partition coefficient (Wildman–Crippen LogP) is 4.95. The molecule has 0 aliphatic carbocycles. The monoisotopic (exact) mass is 596 g/mol. The van der Waals surface area contributed by atoms with Gasteiger partial charge in [0, 0.05) is 18.1 Å². The third kappa shape index (κ3) is 5.01. The molecule has 0 radical (unpaired) electrons. The van der Waals surface area contributed by atoms with Crippen molar-refractivity contribution in [3.63, 3.8) is 0 Å². The largest absolute Gasteiger partial charge is 0.460 e. The number of hydrogen-bond donors (Lipinski definition) is 2. The summed E-state index contributed by atoms with van der Waals surface area (Å²) in [6.07, 6.45) is -5.33. The number of nitrogens with zero attached hydrogens (tertiary/aromatic N) is 2. The maximum absolute atomic E-state index is 13.9. The number of benzene rings is 1. The summed E-state index contributed by atoms with van der Waals surface area (Å²) in [4.78, 5) is 17.9. The molecule has 0 aliphatic heterocycles. The number of nitrogens with one attached hydrogen (secondary N) is 2. The molecule has 1 aromatic carbocycles. The first kappa shape index (κ1) is 30.8. The van der Waals surface area contributed by atoms with Gasteiger partial charge in [0.15, 0.2) is 0 Å². The van der Waals surface area contributed by atoms with Crippen LogP contribution in [0.2, 0.25) is 0 Å². The van der Waals surface area contributed by atoms with Crippen molar-refractivity contribution in [1.82, 2.24) is 9.97 Å². The predicted molar refractivity (Wildman–Crippen MR) is 98.7 cm³/mol. The van der Waals surface area contributed by atoms with Gasteiger partial charge in [0.05, 0.1) is 4.90 Å². The zero-order chi connectivity index (χ0) is 29.6. The van der Waals surface area contributed by atoms with E-state index in [1.165, 1.54) is 6.07 Å². The molecule has 38 heavy (non-hydrogen) atoms. The Labute approximate surface area is 202 Å². The van der Waals surface area contributed by atoms with E-state index >= 15 is 0 Å². The topological polar surface area (TPSA) is 101 Å². The Hall–Kier alpha value is -3.39. The van der Waals surface area contributed by atoms with E-state index in [1.54, 1.807) is 0 Å². The van der Waals surface area contributed by atoms with Gasteiger partial charge in [-0.05, 0) is 30.3 Å². The van der Waals surface area contributed by atoms with Crippen LogP contribution in [0.5, 0.6) is 0 Å². The second-order valence-corrected chi connectivity index (χ2v) is 8.71. The van der Waals surface area contributed by atoms with E-state index < -0.39 is 68.3 Å². The number of hydrogen-bond acceptors (Lipinski definition) is 5. The summed E-state index contributed by atoms with van der Waals surface area (Å²) in [5.41, 5.74) is -1.05. The van der Waals surface area contributed by atoms with E-state index in [0.717, 1.165) is 17.7 Å². The van der Waals surface area contributed by atoms with Crippen molar-refractivity contribution < 1.29 is 70.3 Å². The Morgan fingerprint density at radius 3 is 1.58 bits per heavy atom. The summed E-state index contributed by atoms with van der Waals surface area (Å²) in [6.45, 7) is 0. The van der Waals surface area contributed by atoms with Gasteiger partial charge in [-0.1, -0.05) is 0 Å².